The lowest BCUT2D eigenvalue weighted by Gasteiger charge is -2.13. The minimum absolute atomic E-state index is 0.283. The second kappa shape index (κ2) is 6.79. The molecule has 0 fully saturated rings. The Kier molecular flexibility index (Phi) is 5.37. The zero-order valence-electron chi connectivity index (χ0n) is 10.7. The van der Waals surface area contributed by atoms with Crippen molar-refractivity contribution in [2.24, 2.45) is 0 Å². The smallest absolute Gasteiger partial charge is 0.282 e. The molecule has 0 aromatic heterocycles. The maximum absolute atomic E-state index is 13.1. The van der Waals surface area contributed by atoms with Crippen LogP contribution < -0.4 is 5.32 Å². The molecular formula is C12H15FN2O4. The molecule has 1 unspecified atom stereocenters. The molecule has 0 bridgehead atoms. The first-order valence-corrected chi connectivity index (χ1v) is 5.78. The van der Waals surface area contributed by atoms with Gasteiger partial charge in [0.2, 0.25) is 0 Å². The second-order valence-electron chi connectivity index (χ2n) is 3.95. The van der Waals surface area contributed by atoms with Crippen molar-refractivity contribution in [2.45, 2.75) is 19.9 Å². The largest absolute Gasteiger partial charge is 0.380 e. The molecule has 1 aromatic rings. The fourth-order valence-electron chi connectivity index (χ4n) is 1.49. The van der Waals surface area contributed by atoms with Gasteiger partial charge in [-0.2, -0.15) is 0 Å². The highest BCUT2D eigenvalue weighted by atomic mass is 19.1. The van der Waals surface area contributed by atoms with Crippen molar-refractivity contribution < 1.29 is 18.8 Å². The number of benzene rings is 1. The van der Waals surface area contributed by atoms with Crippen LogP contribution in [0.15, 0.2) is 18.2 Å². The Hall–Kier alpha value is -2.02. The van der Waals surface area contributed by atoms with Crippen molar-refractivity contribution in [3.05, 3.63) is 39.7 Å². The second-order valence-corrected chi connectivity index (χ2v) is 3.95. The van der Waals surface area contributed by atoms with Gasteiger partial charge >= 0.3 is 0 Å². The summed E-state index contributed by atoms with van der Waals surface area (Å²) in [5.41, 5.74) is -0.726. The van der Waals surface area contributed by atoms with Crippen molar-refractivity contribution in [3.63, 3.8) is 0 Å². The van der Waals surface area contributed by atoms with Gasteiger partial charge in [0.05, 0.1) is 11.5 Å². The molecule has 0 spiro atoms. The van der Waals surface area contributed by atoms with E-state index < -0.39 is 22.3 Å². The van der Waals surface area contributed by atoms with Crippen LogP contribution in [0.1, 0.15) is 24.2 Å². The van der Waals surface area contributed by atoms with E-state index in [4.69, 9.17) is 4.74 Å². The highest BCUT2D eigenvalue weighted by Gasteiger charge is 2.21. The average molecular weight is 270 g/mol. The van der Waals surface area contributed by atoms with Gasteiger partial charge in [-0.1, -0.05) is 0 Å². The Morgan fingerprint density at radius 2 is 2.26 bits per heavy atom. The summed E-state index contributed by atoms with van der Waals surface area (Å²) >= 11 is 0. The molecule has 0 aliphatic carbocycles. The Labute approximate surface area is 109 Å². The third-order valence-electron chi connectivity index (χ3n) is 2.35. The predicted molar refractivity (Wildman–Crippen MR) is 66.5 cm³/mol. The molecule has 0 saturated carbocycles. The zero-order valence-corrected chi connectivity index (χ0v) is 10.7. The summed E-state index contributed by atoms with van der Waals surface area (Å²) in [5, 5.41) is 13.3. The lowest BCUT2D eigenvalue weighted by molar-refractivity contribution is -0.385. The summed E-state index contributed by atoms with van der Waals surface area (Å²) in [6.45, 7) is 4.29. The Morgan fingerprint density at radius 3 is 2.84 bits per heavy atom. The van der Waals surface area contributed by atoms with Crippen LogP contribution in [-0.4, -0.2) is 30.1 Å². The molecule has 104 valence electrons. The summed E-state index contributed by atoms with van der Waals surface area (Å²) in [6.07, 6.45) is 0. The fourth-order valence-corrected chi connectivity index (χ4v) is 1.49. The Morgan fingerprint density at radius 1 is 1.58 bits per heavy atom. The lowest BCUT2D eigenvalue weighted by atomic mass is 10.1. The molecular weight excluding hydrogens is 255 g/mol. The van der Waals surface area contributed by atoms with E-state index in [0.717, 1.165) is 18.2 Å². The first-order valence-electron chi connectivity index (χ1n) is 5.78. The van der Waals surface area contributed by atoms with Crippen LogP contribution in [-0.2, 0) is 4.74 Å². The van der Waals surface area contributed by atoms with Gasteiger partial charge in [0, 0.05) is 18.7 Å². The molecule has 0 aliphatic rings. The van der Waals surface area contributed by atoms with Gasteiger partial charge in [-0.3, -0.25) is 14.9 Å². The van der Waals surface area contributed by atoms with Crippen molar-refractivity contribution in [3.8, 4) is 0 Å². The molecule has 1 N–H and O–H groups in total. The summed E-state index contributed by atoms with van der Waals surface area (Å²) in [4.78, 5) is 21.9. The number of rotatable bonds is 6. The number of carbonyl (C=O) groups excluding carboxylic acids is 1. The van der Waals surface area contributed by atoms with Crippen molar-refractivity contribution in [1.29, 1.82) is 0 Å². The Bertz CT molecular complexity index is 479. The molecule has 1 rings (SSSR count). The number of hydrogen-bond donors (Lipinski definition) is 1. The summed E-state index contributed by atoms with van der Waals surface area (Å²) in [5.74, 6) is -1.40. The number of carbonyl (C=O) groups is 1. The highest BCUT2D eigenvalue weighted by molar-refractivity contribution is 5.98. The number of nitrogens with one attached hydrogen (secondary N) is 1. The molecule has 0 heterocycles. The lowest BCUT2D eigenvalue weighted by Crippen LogP contribution is -2.36. The first kappa shape index (κ1) is 15.0. The minimum Gasteiger partial charge on any atom is -0.380 e. The van der Waals surface area contributed by atoms with Crippen LogP contribution in [0.4, 0.5) is 10.1 Å². The van der Waals surface area contributed by atoms with Gasteiger partial charge in [0.15, 0.2) is 0 Å². The molecule has 0 saturated heterocycles. The van der Waals surface area contributed by atoms with E-state index in [-0.39, 0.29) is 18.2 Å². The van der Waals surface area contributed by atoms with Crippen LogP contribution in [0.5, 0.6) is 0 Å². The molecule has 0 aliphatic heterocycles. The van der Waals surface area contributed by atoms with Crippen LogP contribution in [0, 0.1) is 15.9 Å². The molecule has 1 atom stereocenters. The number of nitro benzene ring substituents is 1. The number of halogens is 1. The molecule has 19 heavy (non-hydrogen) atoms. The standard InChI is InChI=1S/C12H15FN2O4/c1-3-19-7-8(2)14-12(16)10-6-9(13)4-5-11(10)15(17)18/h4-6,8H,3,7H2,1-2H3,(H,14,16). The summed E-state index contributed by atoms with van der Waals surface area (Å²) in [7, 11) is 0. The quantitative estimate of drug-likeness (QED) is 0.632. The van der Waals surface area contributed by atoms with Gasteiger partial charge < -0.3 is 10.1 Å². The van der Waals surface area contributed by atoms with E-state index in [0.29, 0.717) is 6.61 Å². The van der Waals surface area contributed by atoms with Crippen molar-refractivity contribution >= 4 is 11.6 Å². The number of ether oxygens (including phenoxy) is 1. The molecule has 7 heteroatoms. The predicted octanol–water partition coefficient (Wildman–Crippen LogP) is 1.89. The van der Waals surface area contributed by atoms with Crippen LogP contribution in [0.2, 0.25) is 0 Å². The maximum atomic E-state index is 13.1. The average Bonchev–Trinajstić information content (AvgIpc) is 2.35. The Balaban J connectivity index is 2.86. The minimum atomic E-state index is -0.721. The molecule has 6 nitrogen and oxygen atoms in total. The first-order chi connectivity index (χ1) is 8.95. The van der Waals surface area contributed by atoms with Gasteiger partial charge in [0.25, 0.3) is 11.6 Å². The number of hydrogen-bond acceptors (Lipinski definition) is 4. The van der Waals surface area contributed by atoms with E-state index in [1.807, 2.05) is 6.92 Å². The SMILES string of the molecule is CCOCC(C)NC(=O)c1cc(F)ccc1[N+](=O)[O-]. The van der Waals surface area contributed by atoms with Gasteiger partial charge in [-0.15, -0.1) is 0 Å². The van der Waals surface area contributed by atoms with E-state index in [1.165, 1.54) is 0 Å². The van der Waals surface area contributed by atoms with Crippen LogP contribution in [0.3, 0.4) is 0 Å². The number of nitro groups is 1. The normalized spacial score (nSPS) is 11.9. The fraction of sp³-hybridized carbons (Fsp3) is 0.417. The molecule has 1 amide bonds. The van der Waals surface area contributed by atoms with E-state index in [9.17, 15) is 19.3 Å². The number of nitrogens with zero attached hydrogens (tertiary/aromatic N) is 1. The van der Waals surface area contributed by atoms with E-state index in [1.54, 1.807) is 6.92 Å². The maximum Gasteiger partial charge on any atom is 0.282 e. The number of amides is 1. The van der Waals surface area contributed by atoms with Crippen molar-refractivity contribution in [2.75, 3.05) is 13.2 Å². The van der Waals surface area contributed by atoms with Crippen LogP contribution in [0.25, 0.3) is 0 Å². The highest BCUT2D eigenvalue weighted by Crippen LogP contribution is 2.19. The molecule has 1 aromatic carbocycles. The van der Waals surface area contributed by atoms with Gasteiger partial charge in [-0.05, 0) is 26.0 Å². The topological polar surface area (TPSA) is 81.5 Å². The van der Waals surface area contributed by atoms with Gasteiger partial charge in [-0.25, -0.2) is 4.39 Å². The van der Waals surface area contributed by atoms with E-state index >= 15 is 0 Å². The van der Waals surface area contributed by atoms with Gasteiger partial charge in [0.1, 0.15) is 11.4 Å². The van der Waals surface area contributed by atoms with Crippen LogP contribution >= 0.6 is 0 Å². The monoisotopic (exact) mass is 270 g/mol. The summed E-state index contributed by atoms with van der Waals surface area (Å²) in [6, 6.07) is 2.44. The van der Waals surface area contributed by atoms with Crippen molar-refractivity contribution in [1.82, 2.24) is 5.32 Å². The third kappa shape index (κ3) is 4.29. The molecule has 0 radical (unpaired) electrons. The third-order valence-corrected chi connectivity index (χ3v) is 2.35. The summed E-state index contributed by atoms with van der Waals surface area (Å²) < 4.78 is 18.2. The zero-order chi connectivity index (χ0) is 14.4. The van der Waals surface area contributed by atoms with E-state index in [2.05, 4.69) is 5.32 Å².